The summed E-state index contributed by atoms with van der Waals surface area (Å²) in [6.07, 6.45) is 1.75. The first-order valence-corrected chi connectivity index (χ1v) is 11.0. The Labute approximate surface area is 184 Å². The number of carbonyl (C=O) groups excluding carboxylic acids is 2. The minimum Gasteiger partial charge on any atom is -0.379 e. The summed E-state index contributed by atoms with van der Waals surface area (Å²) >= 11 is 1.53. The molecule has 1 fully saturated rings. The number of rotatable bonds is 6. The molecule has 1 aromatic carbocycles. The maximum Gasteiger partial charge on any atom is 0.257 e. The molecule has 1 aliphatic rings. The van der Waals surface area contributed by atoms with Gasteiger partial charge in [-0.2, -0.15) is 0 Å². The molecule has 0 bridgehead atoms. The van der Waals surface area contributed by atoms with Crippen molar-refractivity contribution in [3.8, 4) is 5.13 Å². The first-order chi connectivity index (χ1) is 15.0. The van der Waals surface area contributed by atoms with Crippen LogP contribution in [0.5, 0.6) is 0 Å². The molecular weight excluding hydrogens is 414 g/mol. The smallest absolute Gasteiger partial charge is 0.257 e. The zero-order chi connectivity index (χ0) is 21.8. The van der Waals surface area contributed by atoms with Gasteiger partial charge in [-0.1, -0.05) is 0 Å². The maximum absolute atomic E-state index is 12.8. The highest BCUT2D eigenvalue weighted by atomic mass is 32.1. The zero-order valence-corrected chi connectivity index (χ0v) is 18.4. The molecule has 162 valence electrons. The van der Waals surface area contributed by atoms with Crippen LogP contribution in [0.4, 0.5) is 11.4 Å². The average Bonchev–Trinajstić information content (AvgIpc) is 3.37. The minimum atomic E-state index is -0.181. The second-order valence-corrected chi connectivity index (χ2v) is 8.28. The molecule has 2 amide bonds. The van der Waals surface area contributed by atoms with Crippen molar-refractivity contribution in [2.45, 2.75) is 13.8 Å². The molecule has 31 heavy (non-hydrogen) atoms. The van der Waals surface area contributed by atoms with Crippen molar-refractivity contribution in [1.29, 1.82) is 0 Å². The summed E-state index contributed by atoms with van der Waals surface area (Å²) in [7, 11) is 0. The van der Waals surface area contributed by atoms with Gasteiger partial charge in [0.15, 0.2) is 5.13 Å². The Bertz CT molecular complexity index is 1050. The molecule has 2 aromatic heterocycles. The maximum atomic E-state index is 12.8. The fourth-order valence-electron chi connectivity index (χ4n) is 3.61. The van der Waals surface area contributed by atoms with Crippen molar-refractivity contribution in [2.24, 2.45) is 0 Å². The minimum absolute atomic E-state index is 0.0617. The second-order valence-electron chi connectivity index (χ2n) is 7.40. The summed E-state index contributed by atoms with van der Waals surface area (Å²) in [4.78, 5) is 31.5. The van der Waals surface area contributed by atoms with E-state index >= 15 is 0 Å². The van der Waals surface area contributed by atoms with E-state index in [1.807, 2.05) is 29.9 Å². The largest absolute Gasteiger partial charge is 0.379 e. The van der Waals surface area contributed by atoms with Crippen LogP contribution in [-0.2, 0) is 9.53 Å². The Morgan fingerprint density at radius 3 is 2.42 bits per heavy atom. The number of aromatic nitrogens is 2. The number of benzene rings is 1. The van der Waals surface area contributed by atoms with Gasteiger partial charge in [-0.3, -0.25) is 19.1 Å². The Balaban J connectivity index is 1.37. The van der Waals surface area contributed by atoms with Gasteiger partial charge in [0.25, 0.3) is 5.91 Å². The Morgan fingerprint density at radius 1 is 1.10 bits per heavy atom. The topological polar surface area (TPSA) is 88.5 Å². The SMILES string of the molecule is Cc1cc(C(=O)Nc2ccc(NC(=O)CN3CCOCC3)cc2)c(C)n1-c1nccs1. The Hall–Kier alpha value is -3.01. The molecule has 0 aliphatic carbocycles. The molecule has 4 rings (SSSR count). The summed E-state index contributed by atoms with van der Waals surface area (Å²) < 4.78 is 7.28. The van der Waals surface area contributed by atoms with Crippen molar-refractivity contribution in [2.75, 3.05) is 43.5 Å². The van der Waals surface area contributed by atoms with Crippen LogP contribution in [0.15, 0.2) is 41.9 Å². The summed E-state index contributed by atoms with van der Waals surface area (Å²) in [6, 6.07) is 8.99. The van der Waals surface area contributed by atoms with Crippen LogP contribution in [0.3, 0.4) is 0 Å². The highest BCUT2D eigenvalue weighted by Crippen LogP contribution is 2.23. The highest BCUT2D eigenvalue weighted by molar-refractivity contribution is 7.12. The fraction of sp³-hybridized carbons (Fsp3) is 0.318. The van der Waals surface area contributed by atoms with E-state index in [0.717, 1.165) is 29.6 Å². The number of nitrogens with one attached hydrogen (secondary N) is 2. The molecule has 3 aromatic rings. The molecule has 0 atom stereocenters. The first kappa shape index (κ1) is 21.2. The number of anilines is 2. The summed E-state index contributed by atoms with van der Waals surface area (Å²) in [5.74, 6) is -0.242. The molecule has 0 spiro atoms. The fourth-order valence-corrected chi connectivity index (χ4v) is 4.36. The van der Waals surface area contributed by atoms with Crippen molar-refractivity contribution in [1.82, 2.24) is 14.5 Å². The van der Waals surface area contributed by atoms with Crippen molar-refractivity contribution in [3.05, 3.63) is 58.9 Å². The van der Waals surface area contributed by atoms with Crippen LogP contribution in [-0.4, -0.2) is 59.1 Å². The lowest BCUT2D eigenvalue weighted by Gasteiger charge is -2.25. The number of thiazole rings is 1. The van der Waals surface area contributed by atoms with Crippen LogP contribution < -0.4 is 10.6 Å². The summed E-state index contributed by atoms with van der Waals surface area (Å²) in [5.41, 5.74) is 3.76. The van der Waals surface area contributed by atoms with Gasteiger partial charge < -0.3 is 15.4 Å². The monoisotopic (exact) mass is 439 g/mol. The molecule has 2 N–H and O–H groups in total. The van der Waals surface area contributed by atoms with Crippen LogP contribution in [0, 0.1) is 13.8 Å². The lowest BCUT2D eigenvalue weighted by molar-refractivity contribution is -0.118. The number of carbonyl (C=O) groups is 2. The van der Waals surface area contributed by atoms with E-state index in [4.69, 9.17) is 4.74 Å². The third-order valence-electron chi connectivity index (χ3n) is 5.18. The number of nitrogens with zero attached hydrogens (tertiary/aromatic N) is 3. The standard InChI is InChI=1S/C22H25N5O3S/c1-15-13-19(16(2)27(15)22-23-7-12-31-22)21(29)25-18-5-3-17(4-6-18)24-20(28)14-26-8-10-30-11-9-26/h3-7,12-13H,8-11,14H2,1-2H3,(H,24,28)(H,25,29). The molecule has 0 unspecified atom stereocenters. The van der Waals surface area contributed by atoms with E-state index in [0.29, 0.717) is 36.7 Å². The van der Waals surface area contributed by atoms with Gasteiger partial charge in [0.05, 0.1) is 25.3 Å². The highest BCUT2D eigenvalue weighted by Gasteiger charge is 2.18. The van der Waals surface area contributed by atoms with E-state index in [2.05, 4.69) is 20.5 Å². The van der Waals surface area contributed by atoms with Crippen molar-refractivity contribution >= 4 is 34.5 Å². The lowest BCUT2D eigenvalue weighted by atomic mass is 10.2. The summed E-state index contributed by atoms with van der Waals surface area (Å²) in [6.45, 7) is 7.07. The Morgan fingerprint density at radius 2 is 1.77 bits per heavy atom. The van der Waals surface area contributed by atoms with E-state index in [1.54, 1.807) is 30.5 Å². The van der Waals surface area contributed by atoms with Crippen LogP contribution in [0.25, 0.3) is 5.13 Å². The molecule has 1 aliphatic heterocycles. The van der Waals surface area contributed by atoms with Crippen molar-refractivity contribution < 1.29 is 14.3 Å². The molecule has 1 saturated heterocycles. The molecule has 0 radical (unpaired) electrons. The second kappa shape index (κ2) is 9.42. The molecular formula is C22H25N5O3S. The third-order valence-corrected chi connectivity index (χ3v) is 5.94. The number of hydrogen-bond acceptors (Lipinski definition) is 6. The van der Waals surface area contributed by atoms with Gasteiger partial charge in [-0.05, 0) is 44.2 Å². The van der Waals surface area contributed by atoms with Crippen molar-refractivity contribution in [3.63, 3.8) is 0 Å². The van der Waals surface area contributed by atoms with E-state index in [1.165, 1.54) is 11.3 Å². The van der Waals surface area contributed by atoms with Crippen LogP contribution >= 0.6 is 11.3 Å². The van der Waals surface area contributed by atoms with Crippen LogP contribution in [0.1, 0.15) is 21.7 Å². The van der Waals surface area contributed by atoms with Gasteiger partial charge in [-0.15, -0.1) is 11.3 Å². The third kappa shape index (κ3) is 5.01. The van der Waals surface area contributed by atoms with E-state index in [9.17, 15) is 9.59 Å². The predicted molar refractivity (Wildman–Crippen MR) is 121 cm³/mol. The number of hydrogen-bond donors (Lipinski definition) is 2. The van der Waals surface area contributed by atoms with Gasteiger partial charge in [0.1, 0.15) is 0 Å². The first-order valence-electron chi connectivity index (χ1n) is 10.1. The Kier molecular flexibility index (Phi) is 6.45. The lowest BCUT2D eigenvalue weighted by Crippen LogP contribution is -2.41. The predicted octanol–water partition coefficient (Wildman–Crippen LogP) is 3.07. The summed E-state index contributed by atoms with van der Waals surface area (Å²) in [5, 5.41) is 8.57. The number of amides is 2. The van der Waals surface area contributed by atoms with Gasteiger partial charge in [0, 0.05) is 47.4 Å². The normalized spacial score (nSPS) is 14.4. The number of aryl methyl sites for hydroxylation is 1. The van der Waals surface area contributed by atoms with E-state index < -0.39 is 0 Å². The van der Waals surface area contributed by atoms with Crippen LogP contribution in [0.2, 0.25) is 0 Å². The zero-order valence-electron chi connectivity index (χ0n) is 17.6. The van der Waals surface area contributed by atoms with Gasteiger partial charge >= 0.3 is 0 Å². The average molecular weight is 440 g/mol. The number of ether oxygens (including phenoxy) is 1. The molecule has 8 nitrogen and oxygen atoms in total. The van der Waals surface area contributed by atoms with Gasteiger partial charge in [-0.25, -0.2) is 4.98 Å². The molecule has 9 heteroatoms. The number of morpholine rings is 1. The van der Waals surface area contributed by atoms with E-state index in [-0.39, 0.29) is 11.8 Å². The molecule has 0 saturated carbocycles. The molecule has 3 heterocycles. The quantitative estimate of drug-likeness (QED) is 0.616. The van der Waals surface area contributed by atoms with Gasteiger partial charge in [0.2, 0.25) is 5.91 Å².